The van der Waals surface area contributed by atoms with Crippen molar-refractivity contribution >= 4 is 35.4 Å². The molecule has 1 heterocycles. The average molecular weight is 482 g/mol. The smallest absolute Gasteiger partial charge is 0.243 e. The summed E-state index contributed by atoms with van der Waals surface area (Å²) in [6, 6.07) is -3.64. The molecule has 1 aromatic heterocycles. The number of nitrogens with zero attached hydrogens (tertiary/aromatic N) is 1. The van der Waals surface area contributed by atoms with E-state index in [0.29, 0.717) is 5.69 Å². The lowest BCUT2D eigenvalue weighted by Gasteiger charge is -2.24. The molecule has 3 unspecified atom stereocenters. The fourth-order valence-corrected chi connectivity index (χ4v) is 2.90. The molecule has 1 aromatic rings. The molecular formula is C19H31N9O6. The van der Waals surface area contributed by atoms with E-state index in [1.54, 1.807) is 0 Å². The lowest BCUT2D eigenvalue weighted by atomic mass is 10.1. The first-order chi connectivity index (χ1) is 16.0. The molecule has 0 aliphatic heterocycles. The zero-order valence-corrected chi connectivity index (χ0v) is 18.5. The maximum Gasteiger partial charge on any atom is 0.243 e. The van der Waals surface area contributed by atoms with E-state index >= 15 is 0 Å². The second-order valence-corrected chi connectivity index (χ2v) is 7.47. The summed E-state index contributed by atoms with van der Waals surface area (Å²) in [4.78, 5) is 78.4. The van der Waals surface area contributed by atoms with Crippen LogP contribution in [0.1, 0.15) is 37.8 Å². The van der Waals surface area contributed by atoms with Crippen molar-refractivity contribution < 1.29 is 28.8 Å². The maximum atomic E-state index is 13.0. The van der Waals surface area contributed by atoms with E-state index in [1.807, 2.05) is 0 Å². The number of primary amides is 3. The lowest BCUT2D eigenvalue weighted by Crippen LogP contribution is -2.57. The quantitative estimate of drug-likeness (QED) is 0.114. The number of carbonyl (C=O) groups excluding carboxylic acids is 6. The van der Waals surface area contributed by atoms with Crippen LogP contribution in [-0.2, 0) is 35.2 Å². The number of aromatic amines is 1. The van der Waals surface area contributed by atoms with Gasteiger partial charge in [0.25, 0.3) is 0 Å². The summed E-state index contributed by atoms with van der Waals surface area (Å²) >= 11 is 0. The van der Waals surface area contributed by atoms with Crippen molar-refractivity contribution in [1.82, 2.24) is 25.9 Å². The molecule has 0 spiro atoms. The van der Waals surface area contributed by atoms with Crippen LogP contribution in [0.2, 0.25) is 0 Å². The van der Waals surface area contributed by atoms with Gasteiger partial charge in [-0.2, -0.15) is 0 Å². The molecule has 0 fully saturated rings. The van der Waals surface area contributed by atoms with E-state index in [4.69, 9.17) is 22.9 Å². The number of nitrogens with two attached hydrogens (primary N) is 4. The van der Waals surface area contributed by atoms with E-state index in [2.05, 4.69) is 25.9 Å². The fraction of sp³-hybridized carbons (Fsp3) is 0.526. The number of H-pyrrole nitrogens is 1. The summed E-state index contributed by atoms with van der Waals surface area (Å²) in [5, 5.41) is 7.33. The highest BCUT2D eigenvalue weighted by Gasteiger charge is 2.29. The molecule has 0 saturated heterocycles. The molecule has 0 bridgehead atoms. The monoisotopic (exact) mass is 481 g/mol. The number of hydrogen-bond acceptors (Lipinski definition) is 8. The molecule has 6 amide bonds. The van der Waals surface area contributed by atoms with Gasteiger partial charge in [-0.25, -0.2) is 4.98 Å². The molecule has 15 heteroatoms. The first-order valence-corrected chi connectivity index (χ1v) is 10.5. The topological polar surface area (TPSA) is 271 Å². The van der Waals surface area contributed by atoms with Crippen molar-refractivity contribution in [2.45, 2.75) is 56.7 Å². The van der Waals surface area contributed by atoms with Crippen molar-refractivity contribution in [3.05, 3.63) is 18.2 Å². The molecule has 15 nitrogen and oxygen atoms in total. The van der Waals surface area contributed by atoms with Gasteiger partial charge in [-0.15, -0.1) is 0 Å². The van der Waals surface area contributed by atoms with Crippen LogP contribution in [-0.4, -0.2) is 70.1 Å². The summed E-state index contributed by atoms with van der Waals surface area (Å²) in [7, 11) is 0. The Morgan fingerprint density at radius 3 is 1.88 bits per heavy atom. The van der Waals surface area contributed by atoms with Gasteiger partial charge in [-0.3, -0.25) is 28.8 Å². The number of hydrogen-bond donors (Lipinski definition) is 8. The van der Waals surface area contributed by atoms with Crippen LogP contribution in [0.5, 0.6) is 0 Å². The molecule has 0 aliphatic carbocycles. The molecule has 0 aliphatic rings. The minimum Gasteiger partial charge on any atom is -0.370 e. The lowest BCUT2D eigenvalue weighted by molar-refractivity contribution is -0.133. The summed E-state index contributed by atoms with van der Waals surface area (Å²) in [6.45, 7) is 0.0632. The second kappa shape index (κ2) is 14.2. The summed E-state index contributed by atoms with van der Waals surface area (Å²) < 4.78 is 0. The molecule has 0 aromatic carbocycles. The van der Waals surface area contributed by atoms with Crippen LogP contribution >= 0.6 is 0 Å². The van der Waals surface area contributed by atoms with Crippen LogP contribution in [0, 0.1) is 0 Å². The number of amides is 6. The number of rotatable bonds is 16. The Hall–Kier alpha value is -4.01. The van der Waals surface area contributed by atoms with Crippen molar-refractivity contribution in [3.63, 3.8) is 0 Å². The number of imidazole rings is 1. The summed E-state index contributed by atoms with van der Waals surface area (Å²) in [5.41, 5.74) is 21.4. The Morgan fingerprint density at radius 2 is 1.38 bits per heavy atom. The van der Waals surface area contributed by atoms with Crippen LogP contribution in [0.4, 0.5) is 0 Å². The molecule has 3 atom stereocenters. The van der Waals surface area contributed by atoms with Crippen LogP contribution in [0.3, 0.4) is 0 Å². The first-order valence-electron chi connectivity index (χ1n) is 10.5. The average Bonchev–Trinajstić information content (AvgIpc) is 3.26. The summed E-state index contributed by atoms with van der Waals surface area (Å²) in [6.07, 6.45) is 2.03. The van der Waals surface area contributed by atoms with E-state index < -0.39 is 53.6 Å². The van der Waals surface area contributed by atoms with Crippen molar-refractivity contribution in [3.8, 4) is 0 Å². The van der Waals surface area contributed by atoms with Gasteiger partial charge in [0.15, 0.2) is 0 Å². The van der Waals surface area contributed by atoms with E-state index in [-0.39, 0.29) is 45.1 Å². The van der Waals surface area contributed by atoms with Gasteiger partial charge in [-0.1, -0.05) is 0 Å². The van der Waals surface area contributed by atoms with Gasteiger partial charge >= 0.3 is 0 Å². The predicted molar refractivity (Wildman–Crippen MR) is 118 cm³/mol. The van der Waals surface area contributed by atoms with E-state index in [9.17, 15) is 28.8 Å². The predicted octanol–water partition coefficient (Wildman–Crippen LogP) is -4.23. The molecule has 1 rings (SSSR count). The third-order valence-corrected chi connectivity index (χ3v) is 4.65. The standard InChI is InChI=1S/C19H31N9O6/c20-6-5-16(31)26-13(7-10-8-24-9-25-10)19(34)28-12(2-4-15(22)30)18(33)27-11(17(23)32)1-3-14(21)29/h8-9,11-13H,1-7,20H2,(H2,21,29)(H2,22,30)(H2,23,32)(H,24,25)(H,26,31)(H,27,33)(H,28,34). The van der Waals surface area contributed by atoms with Crippen molar-refractivity contribution in [2.24, 2.45) is 22.9 Å². The summed E-state index contributed by atoms with van der Waals surface area (Å²) in [5.74, 6) is -4.40. The minimum atomic E-state index is -1.30. The highest BCUT2D eigenvalue weighted by Crippen LogP contribution is 2.05. The Bertz CT molecular complexity index is 874. The number of aromatic nitrogens is 2. The molecule has 0 radical (unpaired) electrons. The molecule has 188 valence electrons. The van der Waals surface area contributed by atoms with Crippen molar-refractivity contribution in [2.75, 3.05) is 6.54 Å². The van der Waals surface area contributed by atoms with Crippen LogP contribution in [0.25, 0.3) is 0 Å². The molecular weight excluding hydrogens is 450 g/mol. The minimum absolute atomic E-state index is 0.0226. The Balaban J connectivity index is 3.00. The molecule has 34 heavy (non-hydrogen) atoms. The van der Waals surface area contributed by atoms with Gasteiger partial charge in [-0.05, 0) is 12.8 Å². The zero-order chi connectivity index (χ0) is 25.7. The number of carbonyl (C=O) groups is 6. The Labute approximate surface area is 195 Å². The normalized spacial score (nSPS) is 13.2. The fourth-order valence-electron chi connectivity index (χ4n) is 2.90. The van der Waals surface area contributed by atoms with Gasteiger partial charge in [0.05, 0.1) is 6.33 Å². The third kappa shape index (κ3) is 10.5. The number of nitrogens with one attached hydrogen (secondary N) is 4. The SMILES string of the molecule is NCCC(=O)NC(Cc1cnc[nH]1)C(=O)NC(CCC(N)=O)C(=O)NC(CCC(N)=O)C(N)=O. The highest BCUT2D eigenvalue weighted by molar-refractivity contribution is 5.94. The van der Waals surface area contributed by atoms with Crippen molar-refractivity contribution in [1.29, 1.82) is 0 Å². The molecule has 12 N–H and O–H groups in total. The second-order valence-electron chi connectivity index (χ2n) is 7.47. The zero-order valence-electron chi connectivity index (χ0n) is 18.5. The van der Waals surface area contributed by atoms with E-state index in [0.717, 1.165) is 0 Å². The van der Waals surface area contributed by atoms with E-state index in [1.165, 1.54) is 12.5 Å². The van der Waals surface area contributed by atoms with Gasteiger partial charge in [0.2, 0.25) is 35.4 Å². The Kier molecular flexibility index (Phi) is 11.7. The Morgan fingerprint density at radius 1 is 0.824 bits per heavy atom. The first kappa shape index (κ1) is 28.0. The maximum absolute atomic E-state index is 13.0. The van der Waals surface area contributed by atoms with Gasteiger partial charge in [0.1, 0.15) is 18.1 Å². The van der Waals surface area contributed by atoms with Crippen LogP contribution in [0.15, 0.2) is 12.5 Å². The molecule has 0 saturated carbocycles. The largest absolute Gasteiger partial charge is 0.370 e. The van der Waals surface area contributed by atoms with Gasteiger partial charge in [0, 0.05) is 44.1 Å². The van der Waals surface area contributed by atoms with Gasteiger partial charge < -0.3 is 43.9 Å². The highest BCUT2D eigenvalue weighted by atomic mass is 16.2. The third-order valence-electron chi connectivity index (χ3n) is 4.65. The van der Waals surface area contributed by atoms with Crippen LogP contribution < -0.4 is 38.9 Å².